The van der Waals surface area contributed by atoms with E-state index in [4.69, 9.17) is 4.74 Å². The molecule has 0 fully saturated rings. The van der Waals surface area contributed by atoms with Crippen molar-refractivity contribution in [2.45, 2.75) is 6.92 Å². The van der Waals surface area contributed by atoms with Crippen LogP contribution in [-0.4, -0.2) is 26.6 Å². The van der Waals surface area contributed by atoms with E-state index in [1.54, 1.807) is 24.6 Å². The summed E-state index contributed by atoms with van der Waals surface area (Å²) in [5.74, 6) is 0.859. The van der Waals surface area contributed by atoms with Gasteiger partial charge in [-0.05, 0) is 19.1 Å². The third kappa shape index (κ3) is 1.32. The minimum atomic E-state index is 0.139. The molecular weight excluding hydrogens is 218 g/mol. The highest BCUT2D eigenvalue weighted by Gasteiger charge is 2.11. The van der Waals surface area contributed by atoms with E-state index in [0.717, 1.165) is 16.8 Å². The van der Waals surface area contributed by atoms with E-state index >= 15 is 0 Å². The van der Waals surface area contributed by atoms with Crippen molar-refractivity contribution >= 4 is 16.7 Å². The van der Waals surface area contributed by atoms with Gasteiger partial charge < -0.3 is 9.84 Å². The lowest BCUT2D eigenvalue weighted by Gasteiger charge is -2.04. The van der Waals surface area contributed by atoms with Gasteiger partial charge in [-0.25, -0.2) is 4.98 Å². The molecule has 3 rings (SSSR count). The summed E-state index contributed by atoms with van der Waals surface area (Å²) in [5.41, 5.74) is 2.77. The van der Waals surface area contributed by atoms with Crippen LogP contribution in [0, 0.1) is 6.92 Å². The molecule has 0 amide bonds. The van der Waals surface area contributed by atoms with Crippen LogP contribution in [0.1, 0.15) is 5.69 Å². The van der Waals surface area contributed by atoms with Gasteiger partial charge in [0.15, 0.2) is 5.65 Å². The second kappa shape index (κ2) is 3.35. The van der Waals surface area contributed by atoms with Crippen molar-refractivity contribution in [3.8, 4) is 11.6 Å². The molecule has 2 aromatic heterocycles. The zero-order chi connectivity index (χ0) is 12.0. The molecule has 0 unspecified atom stereocenters. The molecule has 86 valence electrons. The van der Waals surface area contributed by atoms with Crippen LogP contribution in [0.2, 0.25) is 0 Å². The number of aryl methyl sites for hydroxylation is 1. The number of nitrogens with zero attached hydrogens (tertiary/aromatic N) is 3. The summed E-state index contributed by atoms with van der Waals surface area (Å²) in [6.07, 6.45) is 1.64. The maximum Gasteiger partial charge on any atom is 0.219 e. The SMILES string of the molecule is COc1ccc2ncc3nc(C)c(O)n3c2c1. The number of imidazole rings is 1. The van der Waals surface area contributed by atoms with Crippen molar-refractivity contribution in [1.29, 1.82) is 0 Å². The maximum absolute atomic E-state index is 9.99. The van der Waals surface area contributed by atoms with Crippen LogP contribution in [0.5, 0.6) is 11.6 Å². The third-order valence-electron chi connectivity index (χ3n) is 2.79. The highest BCUT2D eigenvalue weighted by Crippen LogP contribution is 2.25. The highest BCUT2D eigenvalue weighted by atomic mass is 16.5. The van der Waals surface area contributed by atoms with E-state index in [2.05, 4.69) is 9.97 Å². The first-order valence-corrected chi connectivity index (χ1v) is 5.21. The first-order valence-electron chi connectivity index (χ1n) is 5.21. The number of aromatic nitrogens is 3. The predicted octanol–water partition coefficient (Wildman–Crippen LogP) is 1.91. The average Bonchev–Trinajstić information content (AvgIpc) is 2.65. The van der Waals surface area contributed by atoms with Crippen molar-refractivity contribution in [3.05, 3.63) is 30.1 Å². The predicted molar refractivity (Wildman–Crippen MR) is 63.4 cm³/mol. The van der Waals surface area contributed by atoms with Gasteiger partial charge in [0, 0.05) is 6.07 Å². The summed E-state index contributed by atoms with van der Waals surface area (Å²) < 4.78 is 6.84. The van der Waals surface area contributed by atoms with Crippen LogP contribution in [0.4, 0.5) is 0 Å². The molecule has 2 heterocycles. The Bertz CT molecular complexity index is 718. The third-order valence-corrected chi connectivity index (χ3v) is 2.79. The number of fused-ring (bicyclic) bond motifs is 3. The van der Waals surface area contributed by atoms with Crippen molar-refractivity contribution in [1.82, 2.24) is 14.4 Å². The second-order valence-corrected chi connectivity index (χ2v) is 3.83. The average molecular weight is 229 g/mol. The van der Waals surface area contributed by atoms with Gasteiger partial charge in [-0.1, -0.05) is 0 Å². The minimum absolute atomic E-state index is 0.139. The Morgan fingerprint density at radius 3 is 2.94 bits per heavy atom. The van der Waals surface area contributed by atoms with E-state index < -0.39 is 0 Å². The molecule has 0 saturated heterocycles. The number of ether oxygens (including phenoxy) is 1. The molecule has 5 heteroatoms. The van der Waals surface area contributed by atoms with Gasteiger partial charge in [0.25, 0.3) is 0 Å². The van der Waals surface area contributed by atoms with E-state index in [1.807, 2.05) is 18.2 Å². The number of hydrogen-bond donors (Lipinski definition) is 1. The van der Waals surface area contributed by atoms with E-state index in [1.165, 1.54) is 0 Å². The number of aromatic hydroxyl groups is 1. The zero-order valence-electron chi connectivity index (χ0n) is 9.51. The molecule has 5 nitrogen and oxygen atoms in total. The van der Waals surface area contributed by atoms with E-state index in [9.17, 15) is 5.11 Å². The molecule has 1 aromatic carbocycles. The molecule has 0 radical (unpaired) electrons. The fourth-order valence-corrected chi connectivity index (χ4v) is 1.91. The Morgan fingerprint density at radius 2 is 2.18 bits per heavy atom. The quantitative estimate of drug-likeness (QED) is 0.692. The van der Waals surface area contributed by atoms with Crippen LogP contribution in [-0.2, 0) is 0 Å². The van der Waals surface area contributed by atoms with Gasteiger partial charge in [0.1, 0.15) is 11.4 Å². The monoisotopic (exact) mass is 229 g/mol. The van der Waals surface area contributed by atoms with Crippen LogP contribution in [0.25, 0.3) is 16.7 Å². The second-order valence-electron chi connectivity index (χ2n) is 3.83. The Hall–Kier alpha value is -2.30. The summed E-state index contributed by atoms with van der Waals surface area (Å²) in [4.78, 5) is 8.52. The summed E-state index contributed by atoms with van der Waals surface area (Å²) in [7, 11) is 1.60. The fraction of sp³-hybridized carbons (Fsp3) is 0.167. The van der Waals surface area contributed by atoms with Crippen LogP contribution in [0.15, 0.2) is 24.4 Å². The molecular formula is C12H11N3O2. The van der Waals surface area contributed by atoms with Gasteiger partial charge in [0.2, 0.25) is 5.88 Å². The Balaban J connectivity index is 2.51. The van der Waals surface area contributed by atoms with Crippen molar-refractivity contribution in [3.63, 3.8) is 0 Å². The number of hydrogen-bond acceptors (Lipinski definition) is 4. The maximum atomic E-state index is 9.99. The first-order chi connectivity index (χ1) is 8.20. The van der Waals surface area contributed by atoms with E-state index in [-0.39, 0.29) is 5.88 Å². The molecule has 0 aliphatic heterocycles. The van der Waals surface area contributed by atoms with Crippen molar-refractivity contribution < 1.29 is 9.84 Å². The van der Waals surface area contributed by atoms with Gasteiger partial charge in [-0.15, -0.1) is 0 Å². The van der Waals surface area contributed by atoms with Gasteiger partial charge in [-0.3, -0.25) is 9.38 Å². The Labute approximate surface area is 97.3 Å². The summed E-state index contributed by atoms with van der Waals surface area (Å²) in [5, 5.41) is 9.99. The zero-order valence-corrected chi connectivity index (χ0v) is 9.51. The summed E-state index contributed by atoms with van der Waals surface area (Å²) >= 11 is 0. The number of methoxy groups -OCH3 is 1. The first kappa shape index (κ1) is 9.89. The molecule has 17 heavy (non-hydrogen) atoms. The molecule has 3 aromatic rings. The molecule has 0 aliphatic rings. The van der Waals surface area contributed by atoms with Gasteiger partial charge in [-0.2, -0.15) is 0 Å². The lowest BCUT2D eigenvalue weighted by Crippen LogP contribution is -1.92. The lowest BCUT2D eigenvalue weighted by atomic mass is 10.3. The Morgan fingerprint density at radius 1 is 1.35 bits per heavy atom. The molecule has 0 atom stereocenters. The van der Waals surface area contributed by atoms with Crippen LogP contribution in [0.3, 0.4) is 0 Å². The highest BCUT2D eigenvalue weighted by molar-refractivity contribution is 5.80. The van der Waals surface area contributed by atoms with Crippen LogP contribution < -0.4 is 4.74 Å². The summed E-state index contributed by atoms with van der Waals surface area (Å²) in [6, 6.07) is 5.51. The molecule has 0 saturated carbocycles. The molecule has 0 aliphatic carbocycles. The summed E-state index contributed by atoms with van der Waals surface area (Å²) in [6.45, 7) is 1.76. The fourth-order valence-electron chi connectivity index (χ4n) is 1.91. The van der Waals surface area contributed by atoms with E-state index in [0.29, 0.717) is 11.3 Å². The standard InChI is InChI=1S/C12H11N3O2/c1-7-12(16)15-10-5-8(17-2)3-4-9(10)13-6-11(15)14-7/h3-6,16H,1-2H3. The van der Waals surface area contributed by atoms with Crippen LogP contribution >= 0.6 is 0 Å². The number of benzene rings is 1. The molecule has 0 bridgehead atoms. The lowest BCUT2D eigenvalue weighted by molar-refractivity contribution is 0.415. The normalized spacial score (nSPS) is 11.2. The largest absolute Gasteiger partial charge is 0.497 e. The van der Waals surface area contributed by atoms with Crippen molar-refractivity contribution in [2.75, 3.05) is 7.11 Å². The smallest absolute Gasteiger partial charge is 0.219 e. The number of rotatable bonds is 1. The topological polar surface area (TPSA) is 59.7 Å². The Kier molecular flexibility index (Phi) is 1.95. The van der Waals surface area contributed by atoms with Gasteiger partial charge in [0.05, 0.1) is 24.3 Å². The molecule has 0 spiro atoms. The van der Waals surface area contributed by atoms with Crippen molar-refractivity contribution in [2.24, 2.45) is 0 Å². The minimum Gasteiger partial charge on any atom is -0.497 e. The molecule has 1 N–H and O–H groups in total. The van der Waals surface area contributed by atoms with Gasteiger partial charge >= 0.3 is 0 Å².